The van der Waals surface area contributed by atoms with E-state index in [2.05, 4.69) is 24.5 Å². The van der Waals surface area contributed by atoms with E-state index < -0.39 is 6.10 Å². The summed E-state index contributed by atoms with van der Waals surface area (Å²) in [5.41, 5.74) is 0. The lowest BCUT2D eigenvalue weighted by Gasteiger charge is -2.26. The number of aliphatic hydroxyl groups excluding tert-OH is 1. The largest absolute Gasteiger partial charge is 0.382 e. The Morgan fingerprint density at radius 3 is 2.57 bits per heavy atom. The molecule has 1 aliphatic heterocycles. The van der Waals surface area contributed by atoms with Crippen molar-refractivity contribution < 1.29 is 14.6 Å². The van der Waals surface area contributed by atoms with Gasteiger partial charge in [-0.05, 0) is 43.4 Å². The zero-order valence-electron chi connectivity index (χ0n) is 13.3. The van der Waals surface area contributed by atoms with E-state index in [1.807, 2.05) is 0 Å². The van der Waals surface area contributed by atoms with Crippen molar-refractivity contribution in [3.8, 4) is 0 Å². The van der Waals surface area contributed by atoms with E-state index in [9.17, 15) is 9.90 Å². The van der Waals surface area contributed by atoms with Crippen LogP contribution in [0.2, 0.25) is 0 Å². The molecular formula is C16H30N2O3. The van der Waals surface area contributed by atoms with E-state index in [4.69, 9.17) is 4.74 Å². The molecule has 21 heavy (non-hydrogen) atoms. The van der Waals surface area contributed by atoms with Crippen molar-refractivity contribution in [3.63, 3.8) is 0 Å². The second-order valence-electron chi connectivity index (χ2n) is 7.01. The van der Waals surface area contributed by atoms with Crippen molar-refractivity contribution in [2.45, 2.75) is 51.7 Å². The third-order valence-electron chi connectivity index (χ3n) is 4.33. The first-order valence-corrected chi connectivity index (χ1v) is 8.33. The first kappa shape index (κ1) is 16.7. The van der Waals surface area contributed by atoms with Crippen LogP contribution in [0.3, 0.4) is 0 Å². The van der Waals surface area contributed by atoms with Crippen LogP contribution in [0.4, 0.5) is 0 Å². The quantitative estimate of drug-likeness (QED) is 0.592. The van der Waals surface area contributed by atoms with Gasteiger partial charge in [0, 0.05) is 25.7 Å². The van der Waals surface area contributed by atoms with E-state index in [1.54, 1.807) is 0 Å². The van der Waals surface area contributed by atoms with Crippen LogP contribution in [-0.4, -0.2) is 49.5 Å². The van der Waals surface area contributed by atoms with Gasteiger partial charge in [0.2, 0.25) is 5.91 Å². The SMILES string of the molecule is CC(C)CC(NCC1CCOC1)C(O)C(=O)NCC1CC1. The van der Waals surface area contributed by atoms with Gasteiger partial charge in [-0.1, -0.05) is 13.8 Å². The Morgan fingerprint density at radius 2 is 2.00 bits per heavy atom. The standard InChI is InChI=1S/C16H30N2O3/c1-11(2)7-14(17-9-13-5-6-21-10-13)15(19)16(20)18-8-12-3-4-12/h11-15,17,19H,3-10H2,1-2H3,(H,18,20). The number of ether oxygens (including phenoxy) is 1. The number of rotatable bonds is 9. The minimum absolute atomic E-state index is 0.176. The van der Waals surface area contributed by atoms with E-state index in [0.717, 1.165) is 32.6 Å². The first-order valence-electron chi connectivity index (χ1n) is 8.33. The molecule has 1 amide bonds. The van der Waals surface area contributed by atoms with Gasteiger partial charge in [0.1, 0.15) is 6.10 Å². The van der Waals surface area contributed by atoms with Crippen molar-refractivity contribution >= 4 is 5.91 Å². The number of carbonyl (C=O) groups excluding carboxylic acids is 1. The molecule has 2 rings (SSSR count). The van der Waals surface area contributed by atoms with Gasteiger partial charge < -0.3 is 20.5 Å². The molecule has 1 saturated carbocycles. The van der Waals surface area contributed by atoms with E-state index in [1.165, 1.54) is 12.8 Å². The van der Waals surface area contributed by atoms with Gasteiger partial charge in [-0.25, -0.2) is 0 Å². The number of hydrogen-bond donors (Lipinski definition) is 3. The lowest BCUT2D eigenvalue weighted by Crippen LogP contribution is -2.50. The summed E-state index contributed by atoms with van der Waals surface area (Å²) in [5.74, 6) is 1.34. The fourth-order valence-electron chi connectivity index (χ4n) is 2.75. The fourth-order valence-corrected chi connectivity index (χ4v) is 2.75. The molecule has 3 N–H and O–H groups in total. The number of amides is 1. The summed E-state index contributed by atoms with van der Waals surface area (Å²) in [7, 11) is 0. The van der Waals surface area contributed by atoms with E-state index in [0.29, 0.717) is 24.3 Å². The van der Waals surface area contributed by atoms with Gasteiger partial charge in [0.15, 0.2) is 0 Å². The topological polar surface area (TPSA) is 70.6 Å². The summed E-state index contributed by atoms with van der Waals surface area (Å²) in [6.07, 6.45) is 3.29. The molecule has 2 aliphatic rings. The highest BCUT2D eigenvalue weighted by Crippen LogP contribution is 2.27. The predicted octanol–water partition coefficient (Wildman–Crippen LogP) is 0.914. The Balaban J connectivity index is 1.78. The lowest BCUT2D eigenvalue weighted by atomic mass is 9.97. The number of nitrogens with one attached hydrogen (secondary N) is 2. The molecule has 1 saturated heterocycles. The van der Waals surface area contributed by atoms with Crippen LogP contribution in [0.1, 0.15) is 39.5 Å². The second kappa shape index (κ2) is 8.11. The smallest absolute Gasteiger partial charge is 0.250 e. The van der Waals surface area contributed by atoms with E-state index >= 15 is 0 Å². The molecule has 5 heteroatoms. The molecule has 0 aromatic carbocycles. The zero-order chi connectivity index (χ0) is 15.2. The highest BCUT2D eigenvalue weighted by atomic mass is 16.5. The molecule has 0 aromatic rings. The molecule has 2 fully saturated rings. The summed E-state index contributed by atoms with van der Waals surface area (Å²) in [4.78, 5) is 12.1. The molecule has 0 aromatic heterocycles. The number of aliphatic hydroxyl groups is 1. The van der Waals surface area contributed by atoms with Crippen LogP contribution in [0.25, 0.3) is 0 Å². The lowest BCUT2D eigenvalue weighted by molar-refractivity contribution is -0.131. The third kappa shape index (κ3) is 5.93. The summed E-state index contributed by atoms with van der Waals surface area (Å²) in [6.45, 7) is 7.35. The maximum Gasteiger partial charge on any atom is 0.250 e. The van der Waals surface area contributed by atoms with Crippen LogP contribution >= 0.6 is 0 Å². The highest BCUT2D eigenvalue weighted by Gasteiger charge is 2.29. The monoisotopic (exact) mass is 298 g/mol. The van der Waals surface area contributed by atoms with Crippen molar-refractivity contribution in [1.29, 1.82) is 0 Å². The summed E-state index contributed by atoms with van der Waals surface area (Å²) < 4.78 is 5.37. The summed E-state index contributed by atoms with van der Waals surface area (Å²) in [6, 6.07) is -0.176. The number of hydrogen-bond acceptors (Lipinski definition) is 4. The minimum atomic E-state index is -0.964. The van der Waals surface area contributed by atoms with Gasteiger partial charge in [0.05, 0.1) is 6.61 Å². The molecule has 122 valence electrons. The Kier molecular flexibility index (Phi) is 6.45. The van der Waals surface area contributed by atoms with Gasteiger partial charge in [0.25, 0.3) is 0 Å². The van der Waals surface area contributed by atoms with Crippen LogP contribution in [-0.2, 0) is 9.53 Å². The Bertz CT molecular complexity index is 325. The molecule has 5 nitrogen and oxygen atoms in total. The Hall–Kier alpha value is -0.650. The second-order valence-corrected chi connectivity index (χ2v) is 7.01. The van der Waals surface area contributed by atoms with Crippen LogP contribution in [0.15, 0.2) is 0 Å². The van der Waals surface area contributed by atoms with E-state index in [-0.39, 0.29) is 11.9 Å². The van der Waals surface area contributed by atoms with Gasteiger partial charge in [-0.2, -0.15) is 0 Å². The Morgan fingerprint density at radius 1 is 1.24 bits per heavy atom. The normalized spacial score (nSPS) is 25.0. The van der Waals surface area contributed by atoms with Crippen LogP contribution < -0.4 is 10.6 Å². The zero-order valence-corrected chi connectivity index (χ0v) is 13.3. The predicted molar refractivity (Wildman–Crippen MR) is 81.9 cm³/mol. The fraction of sp³-hybridized carbons (Fsp3) is 0.938. The number of carbonyl (C=O) groups is 1. The van der Waals surface area contributed by atoms with Crippen LogP contribution in [0.5, 0.6) is 0 Å². The molecule has 0 bridgehead atoms. The Labute approximate surface area is 127 Å². The van der Waals surface area contributed by atoms with Gasteiger partial charge >= 0.3 is 0 Å². The average Bonchev–Trinajstić information content (AvgIpc) is 3.13. The van der Waals surface area contributed by atoms with Crippen molar-refractivity contribution in [3.05, 3.63) is 0 Å². The van der Waals surface area contributed by atoms with Crippen molar-refractivity contribution in [2.24, 2.45) is 17.8 Å². The molecule has 0 spiro atoms. The molecule has 3 unspecified atom stereocenters. The van der Waals surface area contributed by atoms with Crippen molar-refractivity contribution in [2.75, 3.05) is 26.3 Å². The molecule has 3 atom stereocenters. The highest BCUT2D eigenvalue weighted by molar-refractivity contribution is 5.81. The molecule has 1 aliphatic carbocycles. The summed E-state index contributed by atoms with van der Waals surface area (Å²) >= 11 is 0. The summed E-state index contributed by atoms with van der Waals surface area (Å²) in [5, 5.41) is 16.6. The third-order valence-corrected chi connectivity index (χ3v) is 4.33. The maximum atomic E-state index is 12.1. The molecule has 0 radical (unpaired) electrons. The first-order chi connectivity index (χ1) is 10.1. The molecule has 1 heterocycles. The average molecular weight is 298 g/mol. The van der Waals surface area contributed by atoms with Crippen LogP contribution in [0, 0.1) is 17.8 Å². The van der Waals surface area contributed by atoms with Gasteiger partial charge in [-0.15, -0.1) is 0 Å². The molecular weight excluding hydrogens is 268 g/mol. The minimum Gasteiger partial charge on any atom is -0.382 e. The maximum absolute atomic E-state index is 12.1. The van der Waals surface area contributed by atoms with Gasteiger partial charge in [-0.3, -0.25) is 4.79 Å². The van der Waals surface area contributed by atoms with Crippen molar-refractivity contribution in [1.82, 2.24) is 10.6 Å².